The van der Waals surface area contributed by atoms with Crippen LogP contribution in [0.15, 0.2) is 78.0 Å². The Hall–Kier alpha value is -3.13. The van der Waals surface area contributed by atoms with Crippen molar-refractivity contribution in [1.82, 2.24) is 14.9 Å². The predicted octanol–water partition coefficient (Wildman–Crippen LogP) is 1.91. The molecule has 2 N–H and O–H groups in total. The first-order chi connectivity index (χ1) is 13.4. The van der Waals surface area contributed by atoms with Gasteiger partial charge in [-0.2, -0.15) is 0 Å². The van der Waals surface area contributed by atoms with Gasteiger partial charge in [0.2, 0.25) is 11.8 Å². The van der Waals surface area contributed by atoms with E-state index in [1.807, 2.05) is 37.3 Å². The van der Waals surface area contributed by atoms with Crippen molar-refractivity contribution in [2.24, 2.45) is 0 Å². The summed E-state index contributed by atoms with van der Waals surface area (Å²) >= 11 is 0. The first kappa shape index (κ1) is 19.6. The van der Waals surface area contributed by atoms with Gasteiger partial charge in [0.25, 0.3) is 10.0 Å². The molecule has 0 radical (unpaired) electrons. The maximum Gasteiger partial charge on any atom is 0.264 e. The van der Waals surface area contributed by atoms with Crippen LogP contribution in [0.5, 0.6) is 0 Å². The van der Waals surface area contributed by atoms with Crippen LogP contribution in [0.4, 0.5) is 0 Å². The normalized spacial score (nSPS) is 17.7. The summed E-state index contributed by atoms with van der Waals surface area (Å²) in [6.45, 7) is 1.83. The molecule has 2 aromatic carbocycles. The van der Waals surface area contributed by atoms with Gasteiger partial charge in [-0.15, -0.1) is 0 Å². The molecule has 2 atom stereocenters. The van der Waals surface area contributed by atoms with E-state index in [2.05, 4.69) is 10.6 Å². The first-order valence-electron chi connectivity index (χ1n) is 8.79. The predicted molar refractivity (Wildman–Crippen MR) is 104 cm³/mol. The Bertz CT molecular complexity index is 975. The number of rotatable bonds is 6. The Morgan fingerprint density at radius 3 is 2.36 bits per heavy atom. The molecular weight excluding hydrogens is 378 g/mol. The molecule has 1 heterocycles. The highest BCUT2D eigenvalue weighted by Crippen LogP contribution is 2.22. The van der Waals surface area contributed by atoms with E-state index in [9.17, 15) is 18.0 Å². The zero-order valence-electron chi connectivity index (χ0n) is 15.3. The van der Waals surface area contributed by atoms with Crippen molar-refractivity contribution in [3.8, 4) is 0 Å². The van der Waals surface area contributed by atoms with Gasteiger partial charge in [-0.05, 0) is 24.6 Å². The second-order valence-corrected chi connectivity index (χ2v) is 8.24. The van der Waals surface area contributed by atoms with Crippen LogP contribution in [0.2, 0.25) is 0 Å². The third-order valence-corrected chi connectivity index (χ3v) is 6.23. The number of hydrogen-bond acceptors (Lipinski definition) is 4. The maximum absolute atomic E-state index is 12.9. The molecule has 0 bridgehead atoms. The lowest BCUT2D eigenvalue weighted by Gasteiger charge is -2.31. The minimum absolute atomic E-state index is 0.0532. The molecule has 0 saturated heterocycles. The van der Waals surface area contributed by atoms with Crippen LogP contribution in [-0.2, 0) is 19.6 Å². The molecule has 2 amide bonds. The van der Waals surface area contributed by atoms with Gasteiger partial charge in [-0.3, -0.25) is 13.9 Å². The van der Waals surface area contributed by atoms with Gasteiger partial charge in [0.05, 0.1) is 17.4 Å². The van der Waals surface area contributed by atoms with Crippen LogP contribution in [0, 0.1) is 0 Å². The minimum Gasteiger partial charge on any atom is -0.350 e. The van der Waals surface area contributed by atoms with Crippen molar-refractivity contribution in [3.05, 3.63) is 78.6 Å². The molecule has 7 nitrogen and oxygen atoms in total. The van der Waals surface area contributed by atoms with Crippen molar-refractivity contribution in [3.63, 3.8) is 0 Å². The fraction of sp³-hybridized carbons (Fsp3) is 0.200. The Morgan fingerprint density at radius 2 is 1.71 bits per heavy atom. The number of hydrogen-bond donors (Lipinski definition) is 2. The van der Waals surface area contributed by atoms with Crippen LogP contribution < -0.4 is 10.6 Å². The molecule has 0 fully saturated rings. The molecule has 8 heteroatoms. The molecule has 0 aliphatic carbocycles. The third-order valence-electron chi connectivity index (χ3n) is 4.43. The highest BCUT2D eigenvalue weighted by molar-refractivity contribution is 7.89. The van der Waals surface area contributed by atoms with E-state index < -0.39 is 27.9 Å². The summed E-state index contributed by atoms with van der Waals surface area (Å²) < 4.78 is 26.8. The third kappa shape index (κ3) is 4.23. The fourth-order valence-electron chi connectivity index (χ4n) is 2.95. The number of sulfonamides is 1. The second-order valence-electron chi connectivity index (χ2n) is 6.39. The van der Waals surface area contributed by atoms with E-state index in [1.54, 1.807) is 18.2 Å². The molecule has 1 aliphatic rings. The van der Waals surface area contributed by atoms with E-state index in [-0.39, 0.29) is 17.4 Å². The molecule has 0 aromatic heterocycles. The number of benzene rings is 2. The summed E-state index contributed by atoms with van der Waals surface area (Å²) in [7, 11) is -3.96. The maximum atomic E-state index is 12.9. The topological polar surface area (TPSA) is 95.6 Å². The Labute approximate surface area is 164 Å². The van der Waals surface area contributed by atoms with Crippen LogP contribution in [-0.4, -0.2) is 30.6 Å². The monoisotopic (exact) mass is 399 g/mol. The van der Waals surface area contributed by atoms with Crippen molar-refractivity contribution >= 4 is 21.8 Å². The number of nitrogens with one attached hydrogen (secondary N) is 2. The molecule has 0 spiro atoms. The van der Waals surface area contributed by atoms with Gasteiger partial charge in [0.15, 0.2) is 0 Å². The zero-order valence-corrected chi connectivity index (χ0v) is 16.1. The number of amides is 2. The highest BCUT2D eigenvalue weighted by Gasteiger charge is 2.37. The fourth-order valence-corrected chi connectivity index (χ4v) is 4.42. The lowest BCUT2D eigenvalue weighted by molar-refractivity contribution is -0.129. The molecule has 146 valence electrons. The van der Waals surface area contributed by atoms with Gasteiger partial charge < -0.3 is 10.6 Å². The van der Waals surface area contributed by atoms with Crippen molar-refractivity contribution < 1.29 is 18.0 Å². The highest BCUT2D eigenvalue weighted by atomic mass is 32.2. The average Bonchev–Trinajstić information content (AvgIpc) is 2.70. The number of carbonyl (C=O) groups excluding carboxylic acids is 2. The SMILES string of the molecule is C[C@@H](NC(=O)C[C@@H]1C(=O)NC=CN1S(=O)(=O)c1ccccc1)c1ccccc1. The molecule has 1 aliphatic heterocycles. The lowest BCUT2D eigenvalue weighted by atomic mass is 10.1. The Balaban J connectivity index is 1.78. The smallest absolute Gasteiger partial charge is 0.264 e. The molecule has 0 unspecified atom stereocenters. The van der Waals surface area contributed by atoms with Crippen LogP contribution in [0.3, 0.4) is 0 Å². The number of nitrogens with zero attached hydrogens (tertiary/aromatic N) is 1. The second kappa shape index (κ2) is 8.26. The molecule has 28 heavy (non-hydrogen) atoms. The van der Waals surface area contributed by atoms with Gasteiger partial charge in [-0.25, -0.2) is 8.42 Å². The van der Waals surface area contributed by atoms with Gasteiger partial charge >= 0.3 is 0 Å². The van der Waals surface area contributed by atoms with E-state index in [0.29, 0.717) is 0 Å². The summed E-state index contributed by atoms with van der Waals surface area (Å²) in [5.74, 6) is -0.968. The quantitative estimate of drug-likeness (QED) is 0.776. The van der Waals surface area contributed by atoms with Gasteiger partial charge in [-0.1, -0.05) is 48.5 Å². The van der Waals surface area contributed by atoms with Gasteiger partial charge in [0, 0.05) is 12.4 Å². The summed E-state index contributed by atoms with van der Waals surface area (Å²) in [4.78, 5) is 24.9. The van der Waals surface area contributed by atoms with Crippen molar-refractivity contribution in [2.75, 3.05) is 0 Å². The van der Waals surface area contributed by atoms with E-state index in [4.69, 9.17) is 0 Å². The van der Waals surface area contributed by atoms with Crippen LogP contribution in [0.25, 0.3) is 0 Å². The van der Waals surface area contributed by atoms with Gasteiger partial charge in [0.1, 0.15) is 6.04 Å². The summed E-state index contributed by atoms with van der Waals surface area (Å²) in [6, 6.07) is 15.7. The van der Waals surface area contributed by atoms with E-state index in [0.717, 1.165) is 9.87 Å². The zero-order chi connectivity index (χ0) is 20.1. The van der Waals surface area contributed by atoms with E-state index >= 15 is 0 Å². The molecule has 2 aromatic rings. The summed E-state index contributed by atoms with van der Waals surface area (Å²) in [5.41, 5.74) is 0.914. The van der Waals surface area contributed by atoms with Crippen LogP contribution in [0.1, 0.15) is 24.9 Å². The minimum atomic E-state index is -3.96. The molecule has 3 rings (SSSR count). The molecular formula is C20H21N3O4S. The standard InChI is InChI=1S/C20H21N3O4S/c1-15(16-8-4-2-5-9-16)22-19(24)14-18-20(25)21-12-13-23(18)28(26,27)17-10-6-3-7-11-17/h2-13,15,18H,14H2,1H3,(H,21,25)(H,22,24)/t15-,18-/m1/s1. The molecule has 0 saturated carbocycles. The number of carbonyl (C=O) groups is 2. The summed E-state index contributed by atoms with van der Waals surface area (Å²) in [5, 5.41) is 5.28. The Morgan fingerprint density at radius 1 is 1.11 bits per heavy atom. The lowest BCUT2D eigenvalue weighted by Crippen LogP contribution is -2.51. The average molecular weight is 399 g/mol. The van der Waals surface area contributed by atoms with Crippen molar-refractivity contribution in [1.29, 1.82) is 0 Å². The van der Waals surface area contributed by atoms with E-state index in [1.165, 1.54) is 24.5 Å². The largest absolute Gasteiger partial charge is 0.350 e. The first-order valence-corrected chi connectivity index (χ1v) is 10.2. The Kier molecular flexibility index (Phi) is 5.79. The van der Waals surface area contributed by atoms with Crippen molar-refractivity contribution in [2.45, 2.75) is 30.3 Å². The summed E-state index contributed by atoms with van der Waals surface area (Å²) in [6.07, 6.45) is 2.23. The van der Waals surface area contributed by atoms with Crippen LogP contribution >= 0.6 is 0 Å².